The van der Waals surface area contributed by atoms with Crippen LogP contribution in [0.4, 0.5) is 22.0 Å². The molecule has 0 aliphatic carbocycles. The molecule has 0 bridgehead atoms. The molecule has 1 atom stereocenters. The Morgan fingerprint density at radius 1 is 1.07 bits per heavy atom. The Morgan fingerprint density at radius 2 is 1.50 bits per heavy atom. The third kappa shape index (κ3) is 1.16. The van der Waals surface area contributed by atoms with E-state index in [0.717, 1.165) is 13.8 Å². The predicted molar refractivity (Wildman–Crippen MR) is 39.1 cm³/mol. The van der Waals surface area contributed by atoms with Gasteiger partial charge in [0.15, 0.2) is 0 Å². The second kappa shape index (κ2) is 2.59. The first-order chi connectivity index (χ1) is 5.96. The maximum atomic E-state index is 13.4. The van der Waals surface area contributed by atoms with Crippen LogP contribution in [0.15, 0.2) is 0 Å². The Hall–Kier alpha value is -0.390. The zero-order valence-electron chi connectivity index (χ0n) is 8.01. The molecule has 0 aromatic carbocycles. The van der Waals surface area contributed by atoms with E-state index in [2.05, 4.69) is 4.74 Å². The highest BCUT2D eigenvalue weighted by atomic mass is 19.4. The smallest absolute Gasteiger partial charge is 0.360 e. The minimum absolute atomic E-state index is 0.391. The number of ether oxygens (including phenoxy) is 1. The molecule has 0 amide bonds. The molecule has 14 heavy (non-hydrogen) atoms. The summed E-state index contributed by atoms with van der Waals surface area (Å²) >= 11 is 0. The van der Waals surface area contributed by atoms with Crippen molar-refractivity contribution in [2.75, 3.05) is 6.61 Å². The maximum absolute atomic E-state index is 13.4. The highest BCUT2D eigenvalue weighted by molar-refractivity contribution is 5.09. The van der Waals surface area contributed by atoms with Crippen molar-refractivity contribution in [3.8, 4) is 0 Å². The second-order valence-corrected chi connectivity index (χ2v) is 4.28. The third-order valence-electron chi connectivity index (χ3n) is 2.71. The van der Waals surface area contributed by atoms with Crippen molar-refractivity contribution >= 4 is 0 Å². The first-order valence-corrected chi connectivity index (χ1v) is 4.04. The van der Waals surface area contributed by atoms with Gasteiger partial charge in [-0.1, -0.05) is 13.8 Å². The molecule has 0 N–H and O–H groups in total. The summed E-state index contributed by atoms with van der Waals surface area (Å²) in [7, 11) is 0. The van der Waals surface area contributed by atoms with Gasteiger partial charge in [0.2, 0.25) is 5.60 Å². The molecule has 0 saturated carbocycles. The molecule has 1 unspecified atom stereocenters. The summed E-state index contributed by atoms with van der Waals surface area (Å²) in [5, 5.41) is 0. The zero-order valence-corrected chi connectivity index (χ0v) is 8.01. The fourth-order valence-corrected chi connectivity index (χ4v) is 1.41. The van der Waals surface area contributed by atoms with Crippen molar-refractivity contribution in [1.29, 1.82) is 0 Å². The van der Waals surface area contributed by atoms with E-state index in [4.69, 9.17) is 0 Å². The molecule has 0 aromatic heterocycles. The Kier molecular flexibility index (Phi) is 2.16. The van der Waals surface area contributed by atoms with E-state index in [9.17, 15) is 22.0 Å². The summed E-state index contributed by atoms with van der Waals surface area (Å²) in [6.07, 6.45) is -5.07. The number of hydrogen-bond donors (Lipinski definition) is 0. The number of hydrogen-bond acceptors (Lipinski definition) is 1. The number of halogens is 5. The van der Waals surface area contributed by atoms with E-state index < -0.39 is 29.7 Å². The van der Waals surface area contributed by atoms with E-state index in [0.29, 0.717) is 6.92 Å². The van der Waals surface area contributed by atoms with Crippen molar-refractivity contribution in [2.24, 2.45) is 5.41 Å². The van der Waals surface area contributed by atoms with Gasteiger partial charge in [0.05, 0.1) is 12.0 Å². The van der Waals surface area contributed by atoms with Gasteiger partial charge in [-0.05, 0) is 6.92 Å². The molecule has 0 radical (unpaired) electrons. The van der Waals surface area contributed by atoms with Crippen LogP contribution in [0.2, 0.25) is 0 Å². The van der Waals surface area contributed by atoms with Gasteiger partial charge >= 0.3 is 6.18 Å². The molecule has 1 heterocycles. The van der Waals surface area contributed by atoms with Gasteiger partial charge in [0, 0.05) is 0 Å². The van der Waals surface area contributed by atoms with Gasteiger partial charge < -0.3 is 4.74 Å². The third-order valence-corrected chi connectivity index (χ3v) is 2.71. The summed E-state index contributed by atoms with van der Waals surface area (Å²) in [6.45, 7) is 1.91. The molecule has 1 fully saturated rings. The minimum atomic E-state index is -5.07. The monoisotopic (exact) mass is 218 g/mol. The fourth-order valence-electron chi connectivity index (χ4n) is 1.41. The average Bonchev–Trinajstić information content (AvgIpc) is 2.10. The summed E-state index contributed by atoms with van der Waals surface area (Å²) < 4.78 is 68.2. The topological polar surface area (TPSA) is 9.23 Å². The van der Waals surface area contributed by atoms with E-state index in [1.165, 1.54) is 0 Å². The van der Waals surface area contributed by atoms with E-state index in [-0.39, 0.29) is 0 Å². The normalized spacial score (nSPS) is 36.0. The Labute approximate surface area is 78.2 Å². The zero-order chi connectivity index (χ0) is 11.4. The molecule has 1 saturated heterocycles. The lowest BCUT2D eigenvalue weighted by Gasteiger charge is -2.36. The molecule has 1 nitrogen and oxygen atoms in total. The Balaban J connectivity index is 3.18. The lowest BCUT2D eigenvalue weighted by molar-refractivity contribution is -0.315. The van der Waals surface area contributed by atoms with Crippen LogP contribution in [0.25, 0.3) is 0 Å². The van der Waals surface area contributed by atoms with Crippen molar-refractivity contribution in [2.45, 2.75) is 38.5 Å². The van der Waals surface area contributed by atoms with E-state index in [1.807, 2.05) is 0 Å². The van der Waals surface area contributed by atoms with Crippen LogP contribution >= 0.6 is 0 Å². The summed E-state index contributed by atoms with van der Waals surface area (Å²) in [5.41, 5.74) is -5.17. The van der Waals surface area contributed by atoms with Crippen LogP contribution in [0.3, 0.4) is 0 Å². The van der Waals surface area contributed by atoms with Crippen LogP contribution in [-0.2, 0) is 4.74 Å². The predicted octanol–water partition coefficient (Wildman–Crippen LogP) is 3.00. The first-order valence-electron chi connectivity index (χ1n) is 4.04. The highest BCUT2D eigenvalue weighted by Gasteiger charge is 2.76. The molecule has 1 aliphatic heterocycles. The molecule has 1 rings (SSSR count). The van der Waals surface area contributed by atoms with Crippen LogP contribution in [0.5, 0.6) is 0 Å². The molecular formula is C8H11F5O. The van der Waals surface area contributed by atoms with E-state index >= 15 is 0 Å². The summed E-state index contributed by atoms with van der Waals surface area (Å²) in [5.74, 6) is -3.92. The largest absolute Gasteiger partial charge is 0.423 e. The Morgan fingerprint density at radius 3 is 1.64 bits per heavy atom. The number of alkyl halides is 5. The lowest BCUT2D eigenvalue weighted by Crippen LogP contribution is -2.57. The van der Waals surface area contributed by atoms with Crippen LogP contribution < -0.4 is 0 Å². The first kappa shape index (κ1) is 11.7. The minimum Gasteiger partial charge on any atom is -0.360 e. The number of rotatable bonds is 0. The van der Waals surface area contributed by atoms with Crippen molar-refractivity contribution in [3.05, 3.63) is 0 Å². The van der Waals surface area contributed by atoms with Gasteiger partial charge in [0.1, 0.15) is 0 Å². The molecular weight excluding hydrogens is 207 g/mol. The van der Waals surface area contributed by atoms with Crippen molar-refractivity contribution in [3.63, 3.8) is 0 Å². The maximum Gasteiger partial charge on any atom is 0.423 e. The van der Waals surface area contributed by atoms with E-state index in [1.54, 1.807) is 0 Å². The van der Waals surface area contributed by atoms with Crippen LogP contribution in [0.1, 0.15) is 20.8 Å². The molecule has 1 aliphatic rings. The van der Waals surface area contributed by atoms with Gasteiger partial charge in [-0.25, -0.2) is 8.78 Å². The van der Waals surface area contributed by atoms with Crippen molar-refractivity contribution in [1.82, 2.24) is 0 Å². The highest BCUT2D eigenvalue weighted by Crippen LogP contribution is 2.57. The summed E-state index contributed by atoms with van der Waals surface area (Å²) in [6, 6.07) is 0. The standard InChI is InChI=1S/C8H11F5O/c1-5(2)4-14-6(3,7(5,9)10)8(11,12)13/h4H2,1-3H3. The van der Waals surface area contributed by atoms with Crippen LogP contribution in [-0.4, -0.2) is 24.3 Å². The van der Waals surface area contributed by atoms with Crippen LogP contribution in [0, 0.1) is 5.41 Å². The molecule has 0 spiro atoms. The van der Waals surface area contributed by atoms with Gasteiger partial charge in [0.25, 0.3) is 5.92 Å². The average molecular weight is 218 g/mol. The lowest BCUT2D eigenvalue weighted by atomic mass is 9.80. The van der Waals surface area contributed by atoms with Crippen molar-refractivity contribution < 1.29 is 26.7 Å². The molecule has 6 heteroatoms. The van der Waals surface area contributed by atoms with Gasteiger partial charge in [-0.15, -0.1) is 0 Å². The fraction of sp³-hybridized carbons (Fsp3) is 1.00. The quantitative estimate of drug-likeness (QED) is 0.568. The second-order valence-electron chi connectivity index (χ2n) is 4.28. The Bertz CT molecular complexity index is 245. The molecule has 0 aromatic rings. The summed E-state index contributed by atoms with van der Waals surface area (Å²) in [4.78, 5) is 0. The molecule has 84 valence electrons. The SMILES string of the molecule is CC1(C)COC(C)(C(F)(F)F)C1(F)F. The van der Waals surface area contributed by atoms with Gasteiger partial charge in [-0.3, -0.25) is 0 Å². The van der Waals surface area contributed by atoms with Gasteiger partial charge in [-0.2, -0.15) is 13.2 Å².